The maximum atomic E-state index is 12.0. The highest BCUT2D eigenvalue weighted by atomic mass is 16.5. The molecule has 0 aliphatic heterocycles. The maximum Gasteiger partial charge on any atom is 0.180 e. The molecule has 19 heavy (non-hydrogen) atoms. The molecule has 1 aromatic carbocycles. The summed E-state index contributed by atoms with van der Waals surface area (Å²) in [6.45, 7) is 4.05. The molecule has 0 aliphatic carbocycles. The van der Waals surface area contributed by atoms with E-state index in [0.29, 0.717) is 37.7 Å². The lowest BCUT2D eigenvalue weighted by Crippen LogP contribution is -2.27. The summed E-state index contributed by atoms with van der Waals surface area (Å²) in [4.78, 5) is 12.0. The molecule has 0 saturated carbocycles. The molecule has 1 aromatic rings. The minimum absolute atomic E-state index is 0.00814. The van der Waals surface area contributed by atoms with Gasteiger partial charge in [0.2, 0.25) is 0 Å². The molecular weight excluding hydrogens is 246 g/mol. The van der Waals surface area contributed by atoms with E-state index in [1.807, 2.05) is 19.1 Å². The normalized spacial score (nSPS) is 10.4. The number of ketones is 1. The van der Waals surface area contributed by atoms with Gasteiger partial charge in [0.15, 0.2) is 5.78 Å². The van der Waals surface area contributed by atoms with Crippen LogP contribution in [0.1, 0.15) is 17.3 Å². The Kier molecular flexibility index (Phi) is 7.81. The number of hydrogen-bond donors (Lipinski definition) is 2. The second-order valence-electron chi connectivity index (χ2n) is 3.87. The van der Waals surface area contributed by atoms with Crippen LogP contribution in [0.4, 0.5) is 0 Å². The Morgan fingerprint density at radius 3 is 2.84 bits per heavy atom. The lowest BCUT2D eigenvalue weighted by molar-refractivity contribution is 0.0905. The highest BCUT2D eigenvalue weighted by Crippen LogP contribution is 2.18. The van der Waals surface area contributed by atoms with Gasteiger partial charge < -0.3 is 19.9 Å². The number of Topliss-reactive ketones (excluding diaryl/α,β-unsaturated/α-hetero) is 1. The van der Waals surface area contributed by atoms with Gasteiger partial charge in [0.25, 0.3) is 0 Å². The Morgan fingerprint density at radius 1 is 1.32 bits per heavy atom. The average Bonchev–Trinajstić information content (AvgIpc) is 2.43. The standard InChI is InChI=1S/C14H21NO4/c1-2-19-14-6-4-3-5-12(14)13(17)11-15-7-9-18-10-8-16/h3-6,15-16H,2,7-11H2,1H3. The van der Waals surface area contributed by atoms with E-state index in [1.165, 1.54) is 0 Å². The molecule has 0 amide bonds. The first-order valence-electron chi connectivity index (χ1n) is 6.44. The van der Waals surface area contributed by atoms with Gasteiger partial charge >= 0.3 is 0 Å². The van der Waals surface area contributed by atoms with Gasteiger partial charge in [-0.25, -0.2) is 0 Å². The molecule has 0 bridgehead atoms. The lowest BCUT2D eigenvalue weighted by atomic mass is 10.1. The first-order chi connectivity index (χ1) is 9.29. The van der Waals surface area contributed by atoms with Crippen LogP contribution < -0.4 is 10.1 Å². The third-order valence-corrected chi connectivity index (χ3v) is 2.43. The highest BCUT2D eigenvalue weighted by molar-refractivity contribution is 6.00. The summed E-state index contributed by atoms with van der Waals surface area (Å²) in [6, 6.07) is 7.22. The van der Waals surface area contributed by atoms with E-state index in [4.69, 9.17) is 14.6 Å². The van der Waals surface area contributed by atoms with Crippen LogP contribution in [0.3, 0.4) is 0 Å². The summed E-state index contributed by atoms with van der Waals surface area (Å²) >= 11 is 0. The smallest absolute Gasteiger partial charge is 0.180 e. The molecule has 0 radical (unpaired) electrons. The van der Waals surface area contributed by atoms with E-state index in [2.05, 4.69) is 5.32 Å². The fourth-order valence-electron chi connectivity index (χ4n) is 1.59. The lowest BCUT2D eigenvalue weighted by Gasteiger charge is -2.09. The summed E-state index contributed by atoms with van der Waals surface area (Å²) in [7, 11) is 0. The number of hydrogen-bond acceptors (Lipinski definition) is 5. The average molecular weight is 267 g/mol. The highest BCUT2D eigenvalue weighted by Gasteiger charge is 2.10. The second-order valence-corrected chi connectivity index (χ2v) is 3.87. The van der Waals surface area contributed by atoms with Crippen molar-refractivity contribution in [2.45, 2.75) is 6.92 Å². The fraction of sp³-hybridized carbons (Fsp3) is 0.500. The van der Waals surface area contributed by atoms with Gasteiger partial charge in [0, 0.05) is 6.54 Å². The molecule has 5 nitrogen and oxygen atoms in total. The van der Waals surface area contributed by atoms with Crippen LogP contribution in [0.2, 0.25) is 0 Å². The van der Waals surface area contributed by atoms with Gasteiger partial charge in [-0.15, -0.1) is 0 Å². The fourth-order valence-corrected chi connectivity index (χ4v) is 1.59. The van der Waals surface area contributed by atoms with E-state index < -0.39 is 0 Å². The molecule has 0 fully saturated rings. The Hall–Kier alpha value is -1.43. The summed E-state index contributed by atoms with van der Waals surface area (Å²) in [5.41, 5.74) is 0.591. The van der Waals surface area contributed by atoms with Crippen molar-refractivity contribution in [3.05, 3.63) is 29.8 Å². The number of aliphatic hydroxyl groups is 1. The van der Waals surface area contributed by atoms with E-state index in [1.54, 1.807) is 12.1 Å². The zero-order valence-corrected chi connectivity index (χ0v) is 11.2. The zero-order chi connectivity index (χ0) is 13.9. The molecule has 106 valence electrons. The van der Waals surface area contributed by atoms with E-state index >= 15 is 0 Å². The minimum atomic E-state index is -0.00814. The number of rotatable bonds is 10. The van der Waals surface area contributed by atoms with Crippen molar-refractivity contribution in [3.63, 3.8) is 0 Å². The molecule has 0 spiro atoms. The Labute approximate surface area is 113 Å². The summed E-state index contributed by atoms with van der Waals surface area (Å²) in [6.07, 6.45) is 0. The van der Waals surface area contributed by atoms with Crippen LogP contribution >= 0.6 is 0 Å². The number of aliphatic hydroxyl groups excluding tert-OH is 1. The van der Waals surface area contributed by atoms with Gasteiger partial charge in [0.1, 0.15) is 5.75 Å². The maximum absolute atomic E-state index is 12.0. The van der Waals surface area contributed by atoms with Crippen LogP contribution in [0.5, 0.6) is 5.75 Å². The van der Waals surface area contributed by atoms with Crippen molar-refractivity contribution in [1.82, 2.24) is 5.32 Å². The summed E-state index contributed by atoms with van der Waals surface area (Å²) < 4.78 is 10.5. The number of nitrogens with one attached hydrogen (secondary N) is 1. The van der Waals surface area contributed by atoms with Gasteiger partial charge in [0.05, 0.1) is 38.5 Å². The summed E-state index contributed by atoms with van der Waals surface area (Å²) in [5.74, 6) is 0.611. The molecule has 0 saturated heterocycles. The third kappa shape index (κ3) is 5.83. The number of ether oxygens (including phenoxy) is 2. The zero-order valence-electron chi connectivity index (χ0n) is 11.2. The Morgan fingerprint density at radius 2 is 2.11 bits per heavy atom. The van der Waals surface area contributed by atoms with Crippen molar-refractivity contribution >= 4 is 5.78 Å². The molecule has 2 N–H and O–H groups in total. The van der Waals surface area contributed by atoms with Gasteiger partial charge in [-0.1, -0.05) is 12.1 Å². The number of carbonyl (C=O) groups is 1. The second kappa shape index (κ2) is 9.49. The van der Waals surface area contributed by atoms with Crippen LogP contribution in [0.15, 0.2) is 24.3 Å². The van der Waals surface area contributed by atoms with E-state index in [0.717, 1.165) is 0 Å². The van der Waals surface area contributed by atoms with Gasteiger partial charge in [-0.3, -0.25) is 4.79 Å². The van der Waals surface area contributed by atoms with Crippen molar-refractivity contribution in [2.24, 2.45) is 0 Å². The van der Waals surface area contributed by atoms with Crippen molar-refractivity contribution in [2.75, 3.05) is 39.5 Å². The first kappa shape index (κ1) is 15.6. The third-order valence-electron chi connectivity index (χ3n) is 2.43. The van der Waals surface area contributed by atoms with Crippen LogP contribution in [0, 0.1) is 0 Å². The number of para-hydroxylation sites is 1. The SMILES string of the molecule is CCOc1ccccc1C(=O)CNCCOCCO. The Bertz CT molecular complexity index is 381. The van der Waals surface area contributed by atoms with Gasteiger partial charge in [-0.2, -0.15) is 0 Å². The predicted molar refractivity (Wildman–Crippen MR) is 72.7 cm³/mol. The largest absolute Gasteiger partial charge is 0.493 e. The molecular formula is C14H21NO4. The summed E-state index contributed by atoms with van der Waals surface area (Å²) in [5, 5.41) is 11.5. The predicted octanol–water partition coefficient (Wildman–Crippen LogP) is 0.866. The van der Waals surface area contributed by atoms with Crippen molar-refractivity contribution < 1.29 is 19.4 Å². The van der Waals surface area contributed by atoms with Gasteiger partial charge in [-0.05, 0) is 19.1 Å². The molecule has 0 atom stereocenters. The molecule has 1 rings (SSSR count). The number of benzene rings is 1. The molecule has 0 aromatic heterocycles. The van der Waals surface area contributed by atoms with Crippen LogP contribution in [-0.2, 0) is 4.74 Å². The molecule has 0 heterocycles. The minimum Gasteiger partial charge on any atom is -0.493 e. The molecule has 5 heteroatoms. The number of carbonyl (C=O) groups excluding carboxylic acids is 1. The van der Waals surface area contributed by atoms with Crippen molar-refractivity contribution in [1.29, 1.82) is 0 Å². The first-order valence-corrected chi connectivity index (χ1v) is 6.44. The quantitative estimate of drug-likeness (QED) is 0.486. The van der Waals surface area contributed by atoms with E-state index in [9.17, 15) is 4.79 Å². The molecule has 0 unspecified atom stereocenters. The Balaban J connectivity index is 2.36. The molecule has 0 aliphatic rings. The van der Waals surface area contributed by atoms with E-state index in [-0.39, 0.29) is 18.9 Å². The topological polar surface area (TPSA) is 67.8 Å². The van der Waals surface area contributed by atoms with Crippen molar-refractivity contribution in [3.8, 4) is 5.75 Å². The van der Waals surface area contributed by atoms with Crippen LogP contribution in [0.25, 0.3) is 0 Å². The van der Waals surface area contributed by atoms with Crippen LogP contribution in [-0.4, -0.2) is 50.4 Å². The monoisotopic (exact) mass is 267 g/mol.